The van der Waals surface area contributed by atoms with E-state index in [0.29, 0.717) is 5.56 Å². The van der Waals surface area contributed by atoms with E-state index in [1.807, 2.05) is 0 Å². The van der Waals surface area contributed by atoms with Gasteiger partial charge in [-0.1, -0.05) is 0 Å². The maximum Gasteiger partial charge on any atom is 0.346 e. The summed E-state index contributed by atoms with van der Waals surface area (Å²) in [6, 6.07) is 5.74. The van der Waals surface area contributed by atoms with Gasteiger partial charge in [-0.05, 0) is 24.3 Å². The van der Waals surface area contributed by atoms with Crippen molar-refractivity contribution in [1.82, 2.24) is 0 Å². The van der Waals surface area contributed by atoms with Crippen molar-refractivity contribution in [1.29, 1.82) is 0 Å². The van der Waals surface area contributed by atoms with Crippen LogP contribution in [0.4, 0.5) is 0 Å². The van der Waals surface area contributed by atoms with Crippen molar-refractivity contribution >= 4 is 11.9 Å². The van der Waals surface area contributed by atoms with Crippen molar-refractivity contribution in [2.75, 3.05) is 0 Å². The van der Waals surface area contributed by atoms with Crippen LogP contribution in [0.15, 0.2) is 24.3 Å². The summed E-state index contributed by atoms with van der Waals surface area (Å²) in [6.07, 6.45) is 0. The predicted molar refractivity (Wildman–Crippen MR) is 46.8 cm³/mol. The smallest absolute Gasteiger partial charge is 0.346 e. The maximum absolute atomic E-state index is 11.2. The molecule has 0 radical (unpaired) electrons. The molecule has 0 atom stereocenters. The van der Waals surface area contributed by atoms with Crippen LogP contribution >= 0.6 is 0 Å². The third-order valence-corrected chi connectivity index (χ3v) is 1.39. The fourth-order valence-corrected chi connectivity index (χ4v) is 0.816. The minimum atomic E-state index is -0.403. The molecule has 5 nitrogen and oxygen atoms in total. The number of hydrogen-bond acceptors (Lipinski definition) is 2. The van der Waals surface area contributed by atoms with E-state index < -0.39 is 5.91 Å². The normalized spacial score (nSPS) is 9.23. The van der Waals surface area contributed by atoms with Gasteiger partial charge >= 0.3 is 11.9 Å². The zero-order chi connectivity index (χ0) is 9.84. The summed E-state index contributed by atoms with van der Waals surface area (Å²) < 4.78 is 0. The molecule has 5 heteroatoms. The Morgan fingerprint density at radius 3 is 2.23 bits per heavy atom. The Kier molecular flexibility index (Phi) is 2.49. The average molecular weight is 180 g/mol. The second-order valence-electron chi connectivity index (χ2n) is 2.46. The van der Waals surface area contributed by atoms with Crippen molar-refractivity contribution < 1.29 is 14.9 Å². The molecule has 0 aliphatic heterocycles. The lowest BCUT2D eigenvalue weighted by molar-refractivity contribution is -0.347. The Morgan fingerprint density at radius 1 is 1.23 bits per heavy atom. The summed E-state index contributed by atoms with van der Waals surface area (Å²) >= 11 is 0. The molecular formula is C8H10N3O2+. The SMILES string of the molecule is NC(N)=[NH+]C(=O)c1ccc(O)cc1. The van der Waals surface area contributed by atoms with E-state index in [2.05, 4.69) is 4.99 Å². The standard InChI is InChI=1S/C8H9N3O2/c9-8(10)11-7(13)5-1-3-6(12)4-2-5/h1-4,12H,(H4,9,10,11,13)/p+1. The molecular weight excluding hydrogens is 170 g/mol. The summed E-state index contributed by atoms with van der Waals surface area (Å²) in [4.78, 5) is 13.4. The van der Waals surface area contributed by atoms with E-state index in [4.69, 9.17) is 16.6 Å². The lowest BCUT2D eigenvalue weighted by atomic mass is 10.2. The molecule has 13 heavy (non-hydrogen) atoms. The van der Waals surface area contributed by atoms with Gasteiger partial charge in [0.25, 0.3) is 0 Å². The summed E-state index contributed by atoms with van der Waals surface area (Å²) in [5, 5.41) is 8.93. The number of amides is 1. The highest BCUT2D eigenvalue weighted by atomic mass is 16.3. The molecule has 0 saturated heterocycles. The summed E-state index contributed by atoms with van der Waals surface area (Å²) in [6.45, 7) is 0. The number of guanidine groups is 1. The molecule has 0 bridgehead atoms. The molecule has 0 spiro atoms. The topological polar surface area (TPSA) is 103 Å². The highest BCUT2D eigenvalue weighted by Crippen LogP contribution is 2.07. The molecule has 0 saturated carbocycles. The van der Waals surface area contributed by atoms with Crippen molar-refractivity contribution in [3.05, 3.63) is 29.8 Å². The number of benzene rings is 1. The average Bonchev–Trinajstić information content (AvgIpc) is 2.04. The van der Waals surface area contributed by atoms with Gasteiger partial charge in [0.2, 0.25) is 0 Å². The van der Waals surface area contributed by atoms with Crippen LogP contribution in [-0.2, 0) is 0 Å². The quantitative estimate of drug-likeness (QED) is 0.293. The van der Waals surface area contributed by atoms with Gasteiger partial charge in [0.05, 0.1) is 5.56 Å². The highest BCUT2D eigenvalue weighted by molar-refractivity contribution is 5.89. The van der Waals surface area contributed by atoms with E-state index in [9.17, 15) is 4.79 Å². The third-order valence-electron chi connectivity index (χ3n) is 1.39. The number of nitrogens with two attached hydrogens (primary N) is 2. The van der Waals surface area contributed by atoms with Gasteiger partial charge in [-0.15, -0.1) is 0 Å². The Morgan fingerprint density at radius 2 is 1.77 bits per heavy atom. The van der Waals surface area contributed by atoms with Crippen molar-refractivity contribution in [2.24, 2.45) is 11.5 Å². The van der Waals surface area contributed by atoms with Crippen LogP contribution in [0, 0.1) is 0 Å². The second-order valence-corrected chi connectivity index (χ2v) is 2.46. The molecule has 0 fully saturated rings. The van der Waals surface area contributed by atoms with Gasteiger partial charge in [-0.2, -0.15) is 0 Å². The Balaban J connectivity index is 2.90. The Hall–Kier alpha value is -2.04. The molecule has 0 aliphatic rings. The zero-order valence-electron chi connectivity index (χ0n) is 6.82. The first kappa shape index (κ1) is 9.05. The predicted octanol–water partition coefficient (Wildman–Crippen LogP) is -2.11. The number of phenolic OH excluding ortho intramolecular Hbond substituents is 1. The molecule has 0 unspecified atom stereocenters. The molecule has 6 N–H and O–H groups in total. The summed E-state index contributed by atoms with van der Waals surface area (Å²) in [5.41, 5.74) is 10.5. The van der Waals surface area contributed by atoms with Gasteiger partial charge in [0.1, 0.15) is 5.75 Å². The first-order valence-electron chi connectivity index (χ1n) is 3.58. The molecule has 0 aromatic heterocycles. The first-order chi connectivity index (χ1) is 6.09. The molecule has 1 amide bonds. The van der Waals surface area contributed by atoms with E-state index in [-0.39, 0.29) is 11.7 Å². The van der Waals surface area contributed by atoms with E-state index in [1.165, 1.54) is 24.3 Å². The number of rotatable bonds is 1. The Labute approximate surface area is 74.7 Å². The van der Waals surface area contributed by atoms with Crippen LogP contribution in [0.5, 0.6) is 5.75 Å². The lowest BCUT2D eigenvalue weighted by Gasteiger charge is -1.94. The molecule has 68 valence electrons. The largest absolute Gasteiger partial charge is 0.508 e. The van der Waals surface area contributed by atoms with Gasteiger partial charge < -0.3 is 5.11 Å². The third kappa shape index (κ3) is 2.48. The van der Waals surface area contributed by atoms with Crippen LogP contribution in [0.25, 0.3) is 0 Å². The fraction of sp³-hybridized carbons (Fsp3) is 0. The zero-order valence-corrected chi connectivity index (χ0v) is 6.82. The van der Waals surface area contributed by atoms with Crippen LogP contribution in [-0.4, -0.2) is 17.0 Å². The fourth-order valence-electron chi connectivity index (χ4n) is 0.816. The maximum atomic E-state index is 11.2. The van der Waals surface area contributed by atoms with Gasteiger partial charge in [0.15, 0.2) is 0 Å². The Bertz CT molecular complexity index is 339. The van der Waals surface area contributed by atoms with Gasteiger partial charge in [0, 0.05) is 0 Å². The molecule has 1 rings (SSSR count). The minimum Gasteiger partial charge on any atom is -0.508 e. The van der Waals surface area contributed by atoms with E-state index in [0.717, 1.165) is 0 Å². The van der Waals surface area contributed by atoms with Crippen LogP contribution in [0.1, 0.15) is 10.4 Å². The second kappa shape index (κ2) is 3.57. The number of carbonyl (C=O) groups is 1. The molecule has 0 aliphatic carbocycles. The van der Waals surface area contributed by atoms with E-state index in [1.54, 1.807) is 0 Å². The first-order valence-corrected chi connectivity index (χ1v) is 3.58. The van der Waals surface area contributed by atoms with Gasteiger partial charge in [-0.3, -0.25) is 16.3 Å². The van der Waals surface area contributed by atoms with Crippen molar-refractivity contribution in [2.45, 2.75) is 0 Å². The van der Waals surface area contributed by atoms with E-state index >= 15 is 0 Å². The molecule has 1 aromatic rings. The van der Waals surface area contributed by atoms with Crippen LogP contribution < -0.4 is 16.5 Å². The lowest BCUT2D eigenvalue weighted by Crippen LogP contribution is -2.81. The summed E-state index contributed by atoms with van der Waals surface area (Å²) in [7, 11) is 0. The number of nitrogens with one attached hydrogen (secondary N) is 1. The minimum absolute atomic E-state index is 0.0984. The number of carbonyl (C=O) groups excluding carboxylic acids is 1. The molecule has 0 heterocycles. The monoisotopic (exact) mass is 180 g/mol. The number of phenols is 1. The highest BCUT2D eigenvalue weighted by Gasteiger charge is 2.05. The molecule has 1 aromatic carbocycles. The van der Waals surface area contributed by atoms with Crippen LogP contribution in [0.3, 0.4) is 0 Å². The van der Waals surface area contributed by atoms with Crippen LogP contribution in [0.2, 0.25) is 0 Å². The number of aromatic hydroxyl groups is 1. The van der Waals surface area contributed by atoms with Crippen molar-refractivity contribution in [3.63, 3.8) is 0 Å². The number of hydrogen-bond donors (Lipinski definition) is 4. The summed E-state index contributed by atoms with van der Waals surface area (Å²) in [5.74, 6) is -0.459. The van der Waals surface area contributed by atoms with Gasteiger partial charge in [-0.25, -0.2) is 4.99 Å². The van der Waals surface area contributed by atoms with Crippen molar-refractivity contribution in [3.8, 4) is 5.75 Å².